The van der Waals surface area contributed by atoms with E-state index in [0.717, 1.165) is 39.7 Å². The van der Waals surface area contributed by atoms with E-state index in [2.05, 4.69) is 193 Å². The summed E-state index contributed by atoms with van der Waals surface area (Å²) in [6.07, 6.45) is 12.3. The number of anilines is 1. The van der Waals surface area contributed by atoms with E-state index in [1.54, 1.807) is 0 Å². The first-order chi connectivity index (χ1) is 29.2. The van der Waals surface area contributed by atoms with E-state index in [9.17, 15) is 0 Å². The van der Waals surface area contributed by atoms with Gasteiger partial charge in [-0.25, -0.2) is 0 Å². The first-order valence-electron chi connectivity index (χ1n) is 20.1. The van der Waals surface area contributed by atoms with Crippen molar-refractivity contribution in [3.8, 4) is 22.3 Å². The first-order valence-corrected chi connectivity index (χ1v) is 20.1. The van der Waals surface area contributed by atoms with Gasteiger partial charge >= 0.3 is 0 Å². The molecule has 11 rings (SSSR count). The maximum atomic E-state index is 9.16. The maximum absolute atomic E-state index is 9.16. The number of allylic oxidation sites excluding steroid dienone is 6. The molecule has 0 unspecified atom stereocenters. The molecule has 278 valence electrons. The summed E-state index contributed by atoms with van der Waals surface area (Å²) in [6, 6.07) is 58.5. The number of nitrogens with zero attached hydrogens (tertiary/aromatic N) is 1. The summed E-state index contributed by atoms with van der Waals surface area (Å²) >= 11 is 0. The van der Waals surface area contributed by atoms with Gasteiger partial charge in [0.2, 0.25) is 0 Å². The van der Waals surface area contributed by atoms with Crippen LogP contribution in [0.15, 0.2) is 205 Å². The van der Waals surface area contributed by atoms with E-state index in [0.29, 0.717) is 11.4 Å². The lowest BCUT2D eigenvalue weighted by Crippen LogP contribution is -2.13. The predicted octanol–water partition coefficient (Wildman–Crippen LogP) is 13.7. The zero-order valence-electron chi connectivity index (χ0n) is 32.2. The summed E-state index contributed by atoms with van der Waals surface area (Å²) in [5.74, 6) is 0. The molecule has 1 heterocycles. The Morgan fingerprint density at radius 2 is 1.02 bits per heavy atom. The summed E-state index contributed by atoms with van der Waals surface area (Å²) in [7, 11) is 0. The Hall–Kier alpha value is -7.82. The summed E-state index contributed by atoms with van der Waals surface area (Å²) in [6.45, 7) is 0.796. The van der Waals surface area contributed by atoms with Crippen molar-refractivity contribution in [3.63, 3.8) is 0 Å². The highest BCUT2D eigenvalue weighted by Crippen LogP contribution is 2.45. The lowest BCUT2D eigenvalue weighted by atomic mass is 9.83. The fourth-order valence-corrected chi connectivity index (χ4v) is 9.22. The van der Waals surface area contributed by atoms with Gasteiger partial charge in [0.25, 0.3) is 0 Å². The van der Waals surface area contributed by atoms with Crippen LogP contribution in [0.25, 0.3) is 87.3 Å². The Balaban J connectivity index is 0.927. The molecule has 0 saturated carbocycles. The Kier molecular flexibility index (Phi) is 8.34. The van der Waals surface area contributed by atoms with Gasteiger partial charge in [-0.15, -0.1) is 0 Å². The largest absolute Gasteiger partial charge is 0.387 e. The van der Waals surface area contributed by atoms with E-state index in [4.69, 9.17) is 10.5 Å². The molecule has 4 heteroatoms. The number of nitrogens with one attached hydrogen (secondary N) is 3. The van der Waals surface area contributed by atoms with Gasteiger partial charge in [-0.05, 0) is 135 Å². The highest BCUT2D eigenvalue weighted by Gasteiger charge is 2.21. The van der Waals surface area contributed by atoms with Gasteiger partial charge in [0, 0.05) is 6.54 Å². The van der Waals surface area contributed by atoms with Crippen LogP contribution in [0.4, 0.5) is 5.69 Å². The molecule has 0 amide bonds. The van der Waals surface area contributed by atoms with E-state index < -0.39 is 0 Å². The molecule has 2 aliphatic rings. The van der Waals surface area contributed by atoms with E-state index in [1.165, 1.54) is 70.9 Å². The van der Waals surface area contributed by atoms with Gasteiger partial charge in [0.1, 0.15) is 5.71 Å². The minimum absolute atomic E-state index is 0.356. The number of fused-ring (bicyclic) bond motifs is 5. The second-order valence-electron chi connectivity index (χ2n) is 15.2. The van der Waals surface area contributed by atoms with Crippen LogP contribution in [-0.4, -0.2) is 18.0 Å². The third kappa shape index (κ3) is 5.84. The average molecular weight is 755 g/mol. The predicted molar refractivity (Wildman–Crippen MR) is 252 cm³/mol. The van der Waals surface area contributed by atoms with Gasteiger partial charge in [0.15, 0.2) is 0 Å². The average Bonchev–Trinajstić information content (AvgIpc) is 3.30. The summed E-state index contributed by atoms with van der Waals surface area (Å²) < 4.78 is 0. The lowest BCUT2D eigenvalue weighted by molar-refractivity contribution is 0.988. The number of hydrogen-bond acceptors (Lipinski definition) is 4. The molecule has 9 aromatic rings. The molecule has 0 atom stereocenters. The smallest absolute Gasteiger partial charge is 0.108 e. The topological polar surface area (TPSA) is 60.3 Å². The summed E-state index contributed by atoms with van der Waals surface area (Å²) in [4.78, 5) is 0. The Morgan fingerprint density at radius 3 is 1.59 bits per heavy atom. The number of rotatable bonds is 6. The minimum Gasteiger partial charge on any atom is -0.387 e. The van der Waals surface area contributed by atoms with Crippen LogP contribution in [0.2, 0.25) is 0 Å². The fourth-order valence-electron chi connectivity index (χ4n) is 9.22. The molecular formula is C55H38N4. The quantitative estimate of drug-likeness (QED) is 0.0899. The van der Waals surface area contributed by atoms with Crippen LogP contribution in [0.3, 0.4) is 0 Å². The van der Waals surface area contributed by atoms with Crippen molar-refractivity contribution in [1.29, 1.82) is 5.41 Å². The van der Waals surface area contributed by atoms with Gasteiger partial charge in [0.05, 0.1) is 11.4 Å². The first kappa shape index (κ1) is 34.4. The molecule has 0 aromatic heterocycles. The molecule has 59 heavy (non-hydrogen) atoms. The van der Waals surface area contributed by atoms with Gasteiger partial charge in [-0.2, -0.15) is 5.10 Å². The highest BCUT2D eigenvalue weighted by molar-refractivity contribution is 6.52. The maximum Gasteiger partial charge on any atom is 0.108 e. The van der Waals surface area contributed by atoms with Crippen molar-refractivity contribution < 1.29 is 0 Å². The zero-order chi connectivity index (χ0) is 39.3. The molecule has 0 fully saturated rings. The van der Waals surface area contributed by atoms with E-state index in [1.807, 2.05) is 18.4 Å². The van der Waals surface area contributed by atoms with Crippen LogP contribution in [-0.2, 0) is 0 Å². The number of hydrogen-bond donors (Lipinski definition) is 3. The van der Waals surface area contributed by atoms with Crippen LogP contribution >= 0.6 is 0 Å². The van der Waals surface area contributed by atoms with Crippen LogP contribution in [0.1, 0.15) is 11.1 Å². The molecule has 0 saturated heterocycles. The Bertz CT molecular complexity index is 3240. The van der Waals surface area contributed by atoms with Gasteiger partial charge < -0.3 is 5.32 Å². The molecule has 0 bridgehead atoms. The summed E-state index contributed by atoms with van der Waals surface area (Å²) in [5, 5.41) is 29.4. The van der Waals surface area contributed by atoms with Crippen molar-refractivity contribution in [1.82, 2.24) is 5.32 Å². The molecule has 1 aliphatic carbocycles. The molecule has 0 radical (unpaired) electrons. The molecule has 9 aromatic carbocycles. The third-order valence-corrected chi connectivity index (χ3v) is 11.8. The van der Waals surface area contributed by atoms with Crippen molar-refractivity contribution in [2.45, 2.75) is 0 Å². The summed E-state index contributed by atoms with van der Waals surface area (Å²) in [5.41, 5.74) is 14.5. The molecular weight excluding hydrogens is 717 g/mol. The normalized spacial score (nSPS) is 14.6. The van der Waals surface area contributed by atoms with E-state index >= 15 is 0 Å². The fraction of sp³-hybridized carbons (Fsp3) is 0.0182. The second kappa shape index (κ2) is 14.3. The van der Waals surface area contributed by atoms with E-state index in [-0.39, 0.29) is 0 Å². The van der Waals surface area contributed by atoms with Crippen LogP contribution in [0.5, 0.6) is 0 Å². The van der Waals surface area contributed by atoms with Gasteiger partial charge in [-0.3, -0.25) is 10.8 Å². The van der Waals surface area contributed by atoms with Crippen LogP contribution < -0.4 is 10.7 Å². The minimum atomic E-state index is 0.356. The number of benzene rings is 9. The van der Waals surface area contributed by atoms with Crippen molar-refractivity contribution in [2.24, 2.45) is 5.10 Å². The number of dihydropyridines is 1. The molecule has 3 N–H and O–H groups in total. The van der Waals surface area contributed by atoms with Gasteiger partial charge in [-0.1, -0.05) is 164 Å². The Labute approximate surface area is 342 Å². The Morgan fingerprint density at radius 1 is 0.492 bits per heavy atom. The molecule has 4 nitrogen and oxygen atoms in total. The molecule has 1 aliphatic heterocycles. The zero-order valence-corrected chi connectivity index (χ0v) is 32.2. The monoisotopic (exact) mass is 754 g/mol. The standard InChI is InChI=1S/C55H38N4/c56-50-33-37(53-46-21-7-9-23-48(46)55(49-24-10-8-22-47(49)53)41-25-11-14-35-13-1-2-16-40(35)41)28-31-51(50)59-58-39-29-26-36(27-30-39)52-42-17-3-5-19-44(42)54(38-15-12-32-57-34-38)45-20-6-4-18-43(45)52/h1-33,56-58H,34H2/b56-50?,59-51-. The SMILES string of the molecule is N=C1C=C(c2c3ccccc3c(-c3cccc4ccccc34)c3ccccc23)C=C/C1=N/Nc1ccc(-c2c3ccccc3c(C3=CC=CNC3)c3ccccc23)cc1. The van der Waals surface area contributed by atoms with Crippen molar-refractivity contribution in [3.05, 3.63) is 211 Å². The van der Waals surface area contributed by atoms with Crippen molar-refractivity contribution in [2.75, 3.05) is 12.0 Å². The number of hydrazone groups is 1. The molecule has 0 spiro atoms. The highest BCUT2D eigenvalue weighted by atomic mass is 15.3. The third-order valence-electron chi connectivity index (χ3n) is 11.8. The lowest BCUT2D eigenvalue weighted by Gasteiger charge is -2.20. The second-order valence-corrected chi connectivity index (χ2v) is 15.2. The van der Waals surface area contributed by atoms with Crippen LogP contribution in [0, 0.1) is 5.41 Å². The van der Waals surface area contributed by atoms with Crippen molar-refractivity contribution >= 4 is 82.1 Å².